The van der Waals surface area contributed by atoms with Crippen LogP contribution in [-0.4, -0.2) is 36.3 Å². The van der Waals surface area contributed by atoms with Crippen molar-refractivity contribution in [1.29, 1.82) is 0 Å². The highest BCUT2D eigenvalue weighted by atomic mass is 16.5. The first-order valence-electron chi connectivity index (χ1n) is 11.1. The molecular formula is C27H22N2O4. The van der Waals surface area contributed by atoms with Gasteiger partial charge >= 0.3 is 0 Å². The third kappa shape index (κ3) is 2.76. The van der Waals surface area contributed by atoms with E-state index in [1.54, 1.807) is 24.3 Å². The van der Waals surface area contributed by atoms with Gasteiger partial charge in [0.05, 0.1) is 24.6 Å². The molecule has 1 heterocycles. The van der Waals surface area contributed by atoms with E-state index in [4.69, 9.17) is 4.74 Å². The van der Waals surface area contributed by atoms with Crippen molar-refractivity contribution in [2.75, 3.05) is 19.0 Å². The Morgan fingerprint density at radius 3 is 1.73 bits per heavy atom. The molecule has 1 saturated heterocycles. The molecule has 0 unspecified atom stereocenters. The Morgan fingerprint density at radius 1 is 0.788 bits per heavy atom. The molecule has 6 nitrogen and oxygen atoms in total. The minimum atomic E-state index is -0.480. The topological polar surface area (TPSA) is 75.7 Å². The maximum Gasteiger partial charge on any atom is 0.244 e. The highest BCUT2D eigenvalue weighted by molar-refractivity contribution is 6.10. The number of para-hydroxylation sites is 2. The first-order chi connectivity index (χ1) is 16.1. The summed E-state index contributed by atoms with van der Waals surface area (Å²) < 4.78 is 5.28. The van der Waals surface area contributed by atoms with Gasteiger partial charge < -0.3 is 10.1 Å². The highest BCUT2D eigenvalue weighted by Crippen LogP contribution is 2.60. The third-order valence-electron chi connectivity index (χ3n) is 7.22. The highest BCUT2D eigenvalue weighted by Gasteiger charge is 2.61. The van der Waals surface area contributed by atoms with Gasteiger partial charge in [-0.25, -0.2) is 0 Å². The van der Waals surface area contributed by atoms with Crippen molar-refractivity contribution in [3.63, 3.8) is 0 Å². The van der Waals surface area contributed by atoms with Crippen molar-refractivity contribution >= 4 is 23.4 Å². The van der Waals surface area contributed by atoms with Gasteiger partial charge in [0, 0.05) is 11.8 Å². The van der Waals surface area contributed by atoms with Crippen LogP contribution in [0.25, 0.3) is 0 Å². The van der Waals surface area contributed by atoms with E-state index in [1.807, 2.05) is 24.3 Å². The Hall–Kier alpha value is -3.93. The van der Waals surface area contributed by atoms with Crippen LogP contribution in [0.3, 0.4) is 0 Å². The number of anilines is 1. The van der Waals surface area contributed by atoms with E-state index in [2.05, 4.69) is 29.6 Å². The summed E-state index contributed by atoms with van der Waals surface area (Å²) >= 11 is 0. The van der Waals surface area contributed by atoms with Gasteiger partial charge in [0.1, 0.15) is 12.3 Å². The zero-order valence-corrected chi connectivity index (χ0v) is 18.0. The number of hydrogen-bond donors (Lipinski definition) is 1. The average molecular weight is 438 g/mol. The van der Waals surface area contributed by atoms with Crippen molar-refractivity contribution < 1.29 is 19.1 Å². The summed E-state index contributed by atoms with van der Waals surface area (Å²) in [6, 6.07) is 23.2. The molecule has 4 aliphatic rings. The van der Waals surface area contributed by atoms with Gasteiger partial charge in [-0.3, -0.25) is 19.3 Å². The fourth-order valence-corrected chi connectivity index (χ4v) is 5.98. The van der Waals surface area contributed by atoms with Gasteiger partial charge in [-0.2, -0.15) is 0 Å². The number of rotatable bonds is 4. The smallest absolute Gasteiger partial charge is 0.244 e. The lowest BCUT2D eigenvalue weighted by atomic mass is 9.55. The zero-order chi connectivity index (χ0) is 22.7. The number of likely N-dealkylation sites (tertiary alicyclic amines) is 1. The number of carbonyl (C=O) groups excluding carboxylic acids is 3. The Morgan fingerprint density at radius 2 is 1.24 bits per heavy atom. The SMILES string of the molecule is COc1ccccc1NC(=O)CN1C(=O)[C@@H]2C3c4ccccc4C(c4ccccc43)[C@H]2C1=O. The summed E-state index contributed by atoms with van der Waals surface area (Å²) in [5.74, 6) is -1.75. The summed E-state index contributed by atoms with van der Waals surface area (Å²) in [5.41, 5.74) is 4.96. The van der Waals surface area contributed by atoms with Gasteiger partial charge in [0.2, 0.25) is 17.7 Å². The fraction of sp³-hybridized carbons (Fsp3) is 0.222. The number of nitrogens with one attached hydrogen (secondary N) is 1. The number of imide groups is 1. The summed E-state index contributed by atoms with van der Waals surface area (Å²) in [6.45, 7) is -0.311. The number of methoxy groups -OCH3 is 1. The van der Waals surface area contributed by atoms with Crippen LogP contribution in [0, 0.1) is 11.8 Å². The lowest BCUT2D eigenvalue weighted by Crippen LogP contribution is -2.41. The third-order valence-corrected chi connectivity index (χ3v) is 7.22. The molecule has 164 valence electrons. The molecule has 3 aromatic rings. The maximum atomic E-state index is 13.6. The van der Waals surface area contributed by atoms with Crippen LogP contribution in [0.4, 0.5) is 5.69 Å². The van der Waals surface area contributed by atoms with Crippen LogP contribution >= 0.6 is 0 Å². The normalized spacial score (nSPS) is 24.2. The lowest BCUT2D eigenvalue weighted by Gasteiger charge is -2.45. The summed E-state index contributed by atoms with van der Waals surface area (Å²) in [5, 5.41) is 2.77. The number of nitrogens with zero attached hydrogens (tertiary/aromatic N) is 1. The molecule has 3 aliphatic carbocycles. The molecule has 3 aromatic carbocycles. The molecule has 0 saturated carbocycles. The monoisotopic (exact) mass is 438 g/mol. The quantitative estimate of drug-likeness (QED) is 0.633. The molecule has 6 heteroatoms. The molecule has 0 radical (unpaired) electrons. The molecular weight excluding hydrogens is 416 g/mol. The van der Waals surface area contributed by atoms with E-state index in [-0.39, 0.29) is 30.2 Å². The number of ether oxygens (including phenoxy) is 1. The molecule has 0 aromatic heterocycles. The van der Waals surface area contributed by atoms with E-state index in [0.29, 0.717) is 11.4 Å². The van der Waals surface area contributed by atoms with E-state index in [1.165, 1.54) is 7.11 Å². The Kier molecular flexibility index (Phi) is 4.37. The standard InChI is InChI=1S/C27H22N2O4/c1-33-20-13-7-6-12-19(20)28-21(30)14-29-26(31)24-22-15-8-2-3-9-16(15)23(25(24)27(29)32)18-11-5-4-10-17(18)22/h2-13,22-25H,14H2,1H3,(H,28,30)/t22?,23?,24-,25-/m1/s1. The number of carbonyl (C=O) groups is 3. The molecule has 0 spiro atoms. The van der Waals surface area contributed by atoms with Gasteiger partial charge in [-0.05, 0) is 34.4 Å². The zero-order valence-electron chi connectivity index (χ0n) is 18.0. The number of benzene rings is 3. The second kappa shape index (κ2) is 7.30. The fourth-order valence-electron chi connectivity index (χ4n) is 5.98. The van der Waals surface area contributed by atoms with E-state index in [0.717, 1.165) is 27.2 Å². The van der Waals surface area contributed by atoms with Crippen LogP contribution in [0.1, 0.15) is 34.1 Å². The van der Waals surface area contributed by atoms with Gasteiger partial charge in [-0.15, -0.1) is 0 Å². The molecule has 3 amide bonds. The Labute approximate surface area is 191 Å². The average Bonchev–Trinajstić information content (AvgIpc) is 3.09. The first-order valence-corrected chi connectivity index (χ1v) is 11.1. The van der Waals surface area contributed by atoms with Crippen molar-refractivity contribution in [2.45, 2.75) is 11.8 Å². The summed E-state index contributed by atoms with van der Waals surface area (Å²) in [7, 11) is 1.52. The lowest BCUT2D eigenvalue weighted by molar-refractivity contribution is -0.142. The largest absolute Gasteiger partial charge is 0.495 e. The van der Waals surface area contributed by atoms with Crippen LogP contribution < -0.4 is 10.1 Å². The van der Waals surface area contributed by atoms with Crippen LogP contribution in [0.2, 0.25) is 0 Å². The summed E-state index contributed by atoms with van der Waals surface area (Å²) in [6.07, 6.45) is 0. The molecule has 2 atom stereocenters. The van der Waals surface area contributed by atoms with E-state index < -0.39 is 17.7 Å². The first kappa shape index (κ1) is 19.7. The Balaban J connectivity index is 1.34. The van der Waals surface area contributed by atoms with E-state index >= 15 is 0 Å². The number of amides is 3. The van der Waals surface area contributed by atoms with Gasteiger partial charge in [0.25, 0.3) is 0 Å². The maximum absolute atomic E-state index is 13.6. The van der Waals surface area contributed by atoms with Crippen LogP contribution in [0.15, 0.2) is 72.8 Å². The van der Waals surface area contributed by atoms with E-state index in [9.17, 15) is 14.4 Å². The van der Waals surface area contributed by atoms with Crippen LogP contribution in [-0.2, 0) is 14.4 Å². The minimum absolute atomic E-state index is 0.175. The van der Waals surface area contributed by atoms with Crippen molar-refractivity contribution in [2.24, 2.45) is 11.8 Å². The summed E-state index contributed by atoms with van der Waals surface area (Å²) in [4.78, 5) is 41.1. The predicted octanol–water partition coefficient (Wildman–Crippen LogP) is 3.53. The molecule has 7 rings (SSSR count). The molecule has 1 fully saturated rings. The second-order valence-corrected chi connectivity index (χ2v) is 8.78. The Bertz CT molecular complexity index is 1200. The molecule has 1 aliphatic heterocycles. The molecule has 1 N–H and O–H groups in total. The van der Waals surface area contributed by atoms with Gasteiger partial charge in [-0.1, -0.05) is 60.7 Å². The molecule has 33 heavy (non-hydrogen) atoms. The number of hydrogen-bond acceptors (Lipinski definition) is 4. The minimum Gasteiger partial charge on any atom is -0.495 e. The van der Waals surface area contributed by atoms with Crippen molar-refractivity contribution in [3.8, 4) is 5.75 Å². The van der Waals surface area contributed by atoms with Crippen LogP contribution in [0.5, 0.6) is 5.75 Å². The van der Waals surface area contributed by atoms with Crippen molar-refractivity contribution in [3.05, 3.63) is 95.1 Å². The van der Waals surface area contributed by atoms with Gasteiger partial charge in [0.15, 0.2) is 0 Å². The van der Waals surface area contributed by atoms with Crippen molar-refractivity contribution in [1.82, 2.24) is 4.90 Å². The molecule has 2 bridgehead atoms. The predicted molar refractivity (Wildman–Crippen MR) is 122 cm³/mol. The second-order valence-electron chi connectivity index (χ2n) is 8.78.